The molecule has 5 nitrogen and oxygen atoms in total. The molecule has 2 aromatic rings. The summed E-state index contributed by atoms with van der Waals surface area (Å²) in [4.78, 5) is 12.5. The minimum atomic E-state index is -0.720. The van der Waals surface area contributed by atoms with Crippen LogP contribution in [0.25, 0.3) is 11.0 Å². The van der Waals surface area contributed by atoms with Crippen LogP contribution >= 0.6 is 0 Å². The van der Waals surface area contributed by atoms with Crippen molar-refractivity contribution in [3.05, 3.63) is 39.0 Å². The Morgan fingerprint density at radius 3 is 2.47 bits per heavy atom. The fourth-order valence-electron chi connectivity index (χ4n) is 2.23. The van der Waals surface area contributed by atoms with Crippen LogP contribution in [0.4, 0.5) is 5.88 Å². The third kappa shape index (κ3) is 1.91. The van der Waals surface area contributed by atoms with E-state index in [2.05, 4.69) is 0 Å². The van der Waals surface area contributed by atoms with Crippen molar-refractivity contribution in [3.8, 4) is 0 Å². The van der Waals surface area contributed by atoms with Crippen LogP contribution < -0.4 is 11.2 Å². The molecule has 2 heterocycles. The summed E-state index contributed by atoms with van der Waals surface area (Å²) in [5.41, 5.74) is 8.48. The molecule has 2 N–H and O–H groups in total. The first-order valence-electron chi connectivity index (χ1n) is 6.14. The van der Waals surface area contributed by atoms with Gasteiger partial charge < -0.3 is 19.6 Å². The zero-order chi connectivity index (χ0) is 13.6. The first-order chi connectivity index (χ1) is 9.08. The van der Waals surface area contributed by atoms with Gasteiger partial charge >= 0.3 is 0 Å². The maximum Gasteiger partial charge on any atom is 0.203 e. The Morgan fingerprint density at radius 2 is 1.79 bits per heavy atom. The largest absolute Gasteiger partial charge is 0.440 e. The molecule has 3 rings (SSSR count). The van der Waals surface area contributed by atoms with Crippen LogP contribution in [-0.4, -0.2) is 13.2 Å². The molecule has 0 atom stereocenters. The Hall–Kier alpha value is -1.85. The Balaban J connectivity index is 2.29. The molecule has 0 amide bonds. The zero-order valence-corrected chi connectivity index (χ0v) is 10.9. The molecule has 0 spiro atoms. The van der Waals surface area contributed by atoms with E-state index in [1.165, 1.54) is 0 Å². The lowest BCUT2D eigenvalue weighted by Crippen LogP contribution is -2.17. The number of nitrogens with two attached hydrogens (primary N) is 1. The van der Waals surface area contributed by atoms with Crippen molar-refractivity contribution in [2.45, 2.75) is 20.1 Å². The van der Waals surface area contributed by atoms with Crippen molar-refractivity contribution in [2.24, 2.45) is 0 Å². The highest BCUT2D eigenvalue weighted by Crippen LogP contribution is 2.28. The second-order valence-corrected chi connectivity index (χ2v) is 4.72. The summed E-state index contributed by atoms with van der Waals surface area (Å²) in [6.45, 7) is 4.82. The Bertz CT molecular complexity index is 699. The van der Waals surface area contributed by atoms with Crippen LogP contribution in [0.5, 0.6) is 0 Å². The lowest BCUT2D eigenvalue weighted by atomic mass is 10.1. The van der Waals surface area contributed by atoms with Crippen molar-refractivity contribution in [2.75, 3.05) is 18.9 Å². The lowest BCUT2D eigenvalue weighted by Gasteiger charge is -2.12. The smallest absolute Gasteiger partial charge is 0.203 e. The number of fused-ring (bicyclic) bond motifs is 1. The molecule has 0 unspecified atom stereocenters. The standard InChI is InChI=1S/C14H15NO4/c1-7-5-9-10(6-8(7)2)19-13(15)11(12(9)16)14-17-3-4-18-14/h5-6,14H,3-4,15H2,1-2H3. The molecular weight excluding hydrogens is 246 g/mol. The van der Waals surface area contributed by atoms with Gasteiger partial charge in [0, 0.05) is 0 Å². The van der Waals surface area contributed by atoms with Crippen molar-refractivity contribution >= 4 is 16.9 Å². The minimum Gasteiger partial charge on any atom is -0.440 e. The van der Waals surface area contributed by atoms with Gasteiger partial charge in [-0.1, -0.05) is 0 Å². The third-order valence-electron chi connectivity index (χ3n) is 3.43. The summed E-state index contributed by atoms with van der Waals surface area (Å²) in [6.07, 6.45) is -0.720. The van der Waals surface area contributed by atoms with Gasteiger partial charge in [0.2, 0.25) is 11.3 Å². The van der Waals surface area contributed by atoms with Crippen LogP contribution in [0.15, 0.2) is 21.3 Å². The molecule has 1 aromatic heterocycles. The van der Waals surface area contributed by atoms with Crippen LogP contribution in [0.1, 0.15) is 23.0 Å². The molecule has 1 fully saturated rings. The van der Waals surface area contributed by atoms with Crippen molar-refractivity contribution in [1.82, 2.24) is 0 Å². The van der Waals surface area contributed by atoms with Gasteiger partial charge in [0.05, 0.1) is 18.6 Å². The normalized spacial score (nSPS) is 16.3. The van der Waals surface area contributed by atoms with Crippen LogP contribution in [0, 0.1) is 13.8 Å². The van der Waals surface area contributed by atoms with E-state index in [1.807, 2.05) is 26.0 Å². The highest BCUT2D eigenvalue weighted by molar-refractivity contribution is 5.80. The number of nitrogen functional groups attached to an aromatic ring is 1. The molecule has 0 saturated carbocycles. The van der Waals surface area contributed by atoms with Crippen LogP contribution in [0.3, 0.4) is 0 Å². The van der Waals surface area contributed by atoms with E-state index < -0.39 is 6.29 Å². The fraction of sp³-hybridized carbons (Fsp3) is 0.357. The van der Waals surface area contributed by atoms with Crippen LogP contribution in [-0.2, 0) is 9.47 Å². The Morgan fingerprint density at radius 1 is 1.16 bits per heavy atom. The molecule has 1 aromatic carbocycles. The van der Waals surface area contributed by atoms with Gasteiger partial charge in [0.1, 0.15) is 11.1 Å². The number of ether oxygens (including phenoxy) is 2. The molecule has 5 heteroatoms. The predicted octanol–water partition coefficient (Wildman–Crippen LogP) is 2.04. The Kier molecular flexibility index (Phi) is 2.80. The molecular formula is C14H15NO4. The van der Waals surface area contributed by atoms with E-state index >= 15 is 0 Å². The topological polar surface area (TPSA) is 74.7 Å². The van der Waals surface area contributed by atoms with Crippen LogP contribution in [0.2, 0.25) is 0 Å². The quantitative estimate of drug-likeness (QED) is 0.850. The fourth-order valence-corrected chi connectivity index (χ4v) is 2.23. The predicted molar refractivity (Wildman–Crippen MR) is 71.0 cm³/mol. The summed E-state index contributed by atoms with van der Waals surface area (Å²) in [7, 11) is 0. The lowest BCUT2D eigenvalue weighted by molar-refractivity contribution is -0.0449. The molecule has 19 heavy (non-hydrogen) atoms. The van der Waals surface area contributed by atoms with E-state index in [0.717, 1.165) is 11.1 Å². The number of rotatable bonds is 1. The number of aryl methyl sites for hydroxylation is 2. The van der Waals surface area contributed by atoms with Crippen molar-refractivity contribution < 1.29 is 13.9 Å². The first-order valence-corrected chi connectivity index (χ1v) is 6.14. The molecule has 100 valence electrons. The molecule has 1 aliphatic heterocycles. The first kappa shape index (κ1) is 12.2. The zero-order valence-electron chi connectivity index (χ0n) is 10.9. The molecule has 0 aliphatic carbocycles. The summed E-state index contributed by atoms with van der Waals surface area (Å²) in [5, 5.41) is 0.506. The van der Waals surface area contributed by atoms with Gasteiger partial charge in [0.15, 0.2) is 6.29 Å². The average molecular weight is 261 g/mol. The average Bonchev–Trinajstić information content (AvgIpc) is 2.86. The summed E-state index contributed by atoms with van der Waals surface area (Å²) < 4.78 is 16.2. The molecule has 0 radical (unpaired) electrons. The summed E-state index contributed by atoms with van der Waals surface area (Å²) >= 11 is 0. The number of anilines is 1. The van der Waals surface area contributed by atoms with Gasteiger partial charge in [-0.3, -0.25) is 4.79 Å². The summed E-state index contributed by atoms with van der Waals surface area (Å²) in [5.74, 6) is 0.0626. The SMILES string of the molecule is Cc1cc2oc(N)c(C3OCCO3)c(=O)c2cc1C. The van der Waals surface area contributed by atoms with Gasteiger partial charge in [-0.2, -0.15) is 0 Å². The van der Waals surface area contributed by atoms with E-state index in [9.17, 15) is 4.79 Å². The van der Waals surface area contributed by atoms with Crippen molar-refractivity contribution in [3.63, 3.8) is 0 Å². The maximum atomic E-state index is 12.5. The second-order valence-electron chi connectivity index (χ2n) is 4.72. The van der Waals surface area contributed by atoms with Crippen molar-refractivity contribution in [1.29, 1.82) is 0 Å². The van der Waals surface area contributed by atoms with Gasteiger partial charge in [-0.15, -0.1) is 0 Å². The van der Waals surface area contributed by atoms with Gasteiger partial charge in [0.25, 0.3) is 0 Å². The molecule has 0 bridgehead atoms. The summed E-state index contributed by atoms with van der Waals surface area (Å²) in [6, 6.07) is 3.64. The number of hydrogen-bond donors (Lipinski definition) is 1. The van der Waals surface area contributed by atoms with E-state index in [0.29, 0.717) is 24.2 Å². The highest BCUT2D eigenvalue weighted by atomic mass is 16.7. The van der Waals surface area contributed by atoms with Gasteiger partial charge in [-0.25, -0.2) is 0 Å². The molecule has 1 aliphatic rings. The molecule has 1 saturated heterocycles. The van der Waals surface area contributed by atoms with E-state index in [-0.39, 0.29) is 16.9 Å². The maximum absolute atomic E-state index is 12.5. The van der Waals surface area contributed by atoms with Gasteiger partial charge in [-0.05, 0) is 37.1 Å². The third-order valence-corrected chi connectivity index (χ3v) is 3.43. The minimum absolute atomic E-state index is 0.0626. The second kappa shape index (κ2) is 4.36. The highest BCUT2D eigenvalue weighted by Gasteiger charge is 2.26. The Labute approximate surface area is 109 Å². The monoisotopic (exact) mass is 261 g/mol. The van der Waals surface area contributed by atoms with E-state index in [1.54, 1.807) is 0 Å². The van der Waals surface area contributed by atoms with E-state index in [4.69, 9.17) is 19.6 Å². The number of benzene rings is 1. The number of hydrogen-bond acceptors (Lipinski definition) is 5.